The van der Waals surface area contributed by atoms with Crippen molar-refractivity contribution in [1.82, 2.24) is 0 Å². The van der Waals surface area contributed by atoms with Crippen LogP contribution in [0.1, 0.15) is 38.3 Å². The Labute approximate surface area is 158 Å². The highest BCUT2D eigenvalue weighted by atomic mass is 14.5. The Balaban J connectivity index is 2.32. The number of nitrogens with two attached hydrogens (primary N) is 1. The summed E-state index contributed by atoms with van der Waals surface area (Å²) in [5.41, 5.74) is 14.1. The first kappa shape index (κ1) is 19.5. The number of allylic oxidation sites excluding steroid dienone is 6. The normalized spacial score (nSPS) is 12.6. The van der Waals surface area contributed by atoms with Crippen molar-refractivity contribution in [3.63, 3.8) is 0 Å². The second kappa shape index (κ2) is 9.62. The minimum Gasteiger partial charge on any atom is -0.405 e. The quantitative estimate of drug-likeness (QED) is 0.557. The van der Waals surface area contributed by atoms with Crippen molar-refractivity contribution in [2.75, 3.05) is 0 Å². The lowest BCUT2D eigenvalue weighted by atomic mass is 9.97. The standard InChI is InChI=1S/C25H29N/c1-5-22(19(2)3)15-14-20(4)23-11-7-13-25(18-23)24-12-6-9-21(17-24)10-8-16-26/h6-9,11-18H,2,5,10,26H2,1,3-4H3/b16-8+,20-14+,22-15-. The molecule has 0 aromatic heterocycles. The van der Waals surface area contributed by atoms with Crippen molar-refractivity contribution in [2.45, 2.75) is 33.6 Å². The lowest BCUT2D eigenvalue weighted by Crippen LogP contribution is -1.87. The summed E-state index contributed by atoms with van der Waals surface area (Å²) in [7, 11) is 0. The first-order valence-electron chi connectivity index (χ1n) is 9.15. The third-order valence-electron chi connectivity index (χ3n) is 4.53. The van der Waals surface area contributed by atoms with Crippen molar-refractivity contribution < 1.29 is 0 Å². The molecule has 0 heterocycles. The van der Waals surface area contributed by atoms with Gasteiger partial charge in [0.25, 0.3) is 0 Å². The summed E-state index contributed by atoms with van der Waals surface area (Å²) in [6, 6.07) is 17.3. The lowest BCUT2D eigenvalue weighted by molar-refractivity contribution is 1.11. The van der Waals surface area contributed by atoms with Crippen molar-refractivity contribution in [3.05, 3.63) is 102 Å². The van der Waals surface area contributed by atoms with Gasteiger partial charge in [-0.3, -0.25) is 0 Å². The van der Waals surface area contributed by atoms with Crippen LogP contribution in [0.15, 0.2) is 90.7 Å². The summed E-state index contributed by atoms with van der Waals surface area (Å²) < 4.78 is 0. The van der Waals surface area contributed by atoms with Crippen molar-refractivity contribution in [1.29, 1.82) is 0 Å². The number of benzene rings is 2. The monoisotopic (exact) mass is 343 g/mol. The molecule has 0 radical (unpaired) electrons. The number of hydrogen-bond donors (Lipinski definition) is 1. The summed E-state index contributed by atoms with van der Waals surface area (Å²) in [5.74, 6) is 0. The van der Waals surface area contributed by atoms with Gasteiger partial charge in [-0.15, -0.1) is 0 Å². The maximum absolute atomic E-state index is 5.46. The molecule has 2 N–H and O–H groups in total. The van der Waals surface area contributed by atoms with Crippen LogP contribution in [-0.2, 0) is 6.42 Å². The average Bonchev–Trinajstić information content (AvgIpc) is 2.66. The first-order valence-corrected chi connectivity index (χ1v) is 9.15. The zero-order chi connectivity index (χ0) is 18.9. The molecule has 0 aliphatic carbocycles. The Hall–Kier alpha value is -2.80. The molecule has 1 heteroatoms. The highest BCUT2D eigenvalue weighted by Gasteiger charge is 2.02. The van der Waals surface area contributed by atoms with Crippen molar-refractivity contribution >= 4 is 5.57 Å². The van der Waals surface area contributed by atoms with E-state index in [0.29, 0.717) is 0 Å². The largest absolute Gasteiger partial charge is 0.405 e. The second-order valence-corrected chi connectivity index (χ2v) is 6.59. The lowest BCUT2D eigenvalue weighted by Gasteiger charge is -2.08. The fourth-order valence-electron chi connectivity index (χ4n) is 2.91. The molecule has 0 spiro atoms. The molecule has 0 aliphatic heterocycles. The van der Waals surface area contributed by atoms with E-state index in [9.17, 15) is 0 Å². The van der Waals surface area contributed by atoms with Gasteiger partial charge in [-0.05, 0) is 72.4 Å². The molecule has 0 fully saturated rings. The molecule has 0 saturated carbocycles. The fraction of sp³-hybridized carbons (Fsp3) is 0.200. The van der Waals surface area contributed by atoms with Crippen LogP contribution >= 0.6 is 0 Å². The number of rotatable bonds is 7. The predicted molar refractivity (Wildman–Crippen MR) is 116 cm³/mol. The highest BCUT2D eigenvalue weighted by molar-refractivity contribution is 5.73. The second-order valence-electron chi connectivity index (χ2n) is 6.59. The summed E-state index contributed by atoms with van der Waals surface area (Å²) in [4.78, 5) is 0. The van der Waals surface area contributed by atoms with E-state index < -0.39 is 0 Å². The number of hydrogen-bond acceptors (Lipinski definition) is 1. The molecule has 26 heavy (non-hydrogen) atoms. The van der Waals surface area contributed by atoms with Crippen molar-refractivity contribution in [2.24, 2.45) is 5.73 Å². The molecule has 0 amide bonds. The van der Waals surface area contributed by atoms with Crippen molar-refractivity contribution in [3.8, 4) is 11.1 Å². The molecule has 2 aromatic carbocycles. The van der Waals surface area contributed by atoms with E-state index in [1.807, 2.05) is 6.08 Å². The molecule has 1 nitrogen and oxygen atoms in total. The van der Waals surface area contributed by atoms with Crippen LogP contribution in [0.3, 0.4) is 0 Å². The van der Waals surface area contributed by atoms with Gasteiger partial charge in [-0.25, -0.2) is 0 Å². The topological polar surface area (TPSA) is 26.0 Å². The molecule has 134 valence electrons. The summed E-state index contributed by atoms with van der Waals surface area (Å²) in [6.45, 7) is 10.4. The van der Waals surface area contributed by atoms with Gasteiger partial charge in [-0.2, -0.15) is 0 Å². The zero-order valence-electron chi connectivity index (χ0n) is 16.1. The average molecular weight is 344 g/mol. The van der Waals surface area contributed by atoms with Gasteiger partial charge in [0.2, 0.25) is 0 Å². The van der Waals surface area contributed by atoms with E-state index >= 15 is 0 Å². The molecule has 2 rings (SSSR count). The first-order chi connectivity index (χ1) is 12.5. The van der Waals surface area contributed by atoms with Crippen LogP contribution in [0, 0.1) is 0 Å². The van der Waals surface area contributed by atoms with Crippen LogP contribution in [-0.4, -0.2) is 0 Å². The summed E-state index contributed by atoms with van der Waals surface area (Å²) in [6.07, 6.45) is 9.81. The van der Waals surface area contributed by atoms with Crippen LogP contribution in [0.4, 0.5) is 0 Å². The maximum Gasteiger partial charge on any atom is -0.00801 e. The third kappa shape index (κ3) is 5.35. The predicted octanol–water partition coefficient (Wildman–Crippen LogP) is 6.68. The minimum atomic E-state index is 0.856. The van der Waals surface area contributed by atoms with Crippen LogP contribution < -0.4 is 5.73 Å². The molecule has 0 atom stereocenters. The van der Waals surface area contributed by atoms with E-state index in [-0.39, 0.29) is 0 Å². The molecule has 2 aromatic rings. The molecule has 0 aliphatic rings. The van der Waals surface area contributed by atoms with Crippen LogP contribution in [0.2, 0.25) is 0 Å². The van der Waals surface area contributed by atoms with Crippen LogP contribution in [0.5, 0.6) is 0 Å². The van der Waals surface area contributed by atoms with Gasteiger partial charge in [-0.1, -0.05) is 79.8 Å². The summed E-state index contributed by atoms with van der Waals surface area (Å²) in [5, 5.41) is 0. The van der Waals surface area contributed by atoms with E-state index in [1.165, 1.54) is 33.4 Å². The van der Waals surface area contributed by atoms with Gasteiger partial charge in [0.1, 0.15) is 0 Å². The Bertz CT molecular complexity index is 850. The molecule has 0 saturated heterocycles. The van der Waals surface area contributed by atoms with Gasteiger partial charge in [0.05, 0.1) is 0 Å². The Morgan fingerprint density at radius 2 is 1.69 bits per heavy atom. The van der Waals surface area contributed by atoms with E-state index in [4.69, 9.17) is 5.73 Å². The maximum atomic E-state index is 5.46. The Morgan fingerprint density at radius 1 is 1.00 bits per heavy atom. The molecular weight excluding hydrogens is 314 g/mol. The smallest absolute Gasteiger partial charge is 0.00801 e. The van der Waals surface area contributed by atoms with E-state index in [0.717, 1.165) is 18.4 Å². The molecule has 0 bridgehead atoms. The third-order valence-corrected chi connectivity index (χ3v) is 4.53. The minimum absolute atomic E-state index is 0.856. The zero-order valence-corrected chi connectivity index (χ0v) is 16.1. The summed E-state index contributed by atoms with van der Waals surface area (Å²) >= 11 is 0. The molecule has 0 unspecified atom stereocenters. The SMILES string of the molecule is C=C(C)/C(=C\C=C(/C)c1cccc(-c2cccc(C/C=C/N)c2)c1)CC. The van der Waals surface area contributed by atoms with E-state index in [1.54, 1.807) is 6.20 Å². The fourth-order valence-corrected chi connectivity index (χ4v) is 2.91. The molecular formula is C25H29N. The Morgan fingerprint density at radius 3 is 2.35 bits per heavy atom. The Kier molecular flexibility index (Phi) is 7.23. The highest BCUT2D eigenvalue weighted by Crippen LogP contribution is 2.25. The van der Waals surface area contributed by atoms with E-state index in [2.05, 4.69) is 88.0 Å². The van der Waals surface area contributed by atoms with Gasteiger partial charge in [0, 0.05) is 0 Å². The van der Waals surface area contributed by atoms with Crippen LogP contribution in [0.25, 0.3) is 16.7 Å². The van der Waals surface area contributed by atoms with Gasteiger partial charge in [0.15, 0.2) is 0 Å². The van der Waals surface area contributed by atoms with Gasteiger partial charge >= 0.3 is 0 Å². The van der Waals surface area contributed by atoms with Gasteiger partial charge < -0.3 is 5.73 Å².